The summed E-state index contributed by atoms with van der Waals surface area (Å²) < 4.78 is 2.71. The Hall–Kier alpha value is -2.21. The van der Waals surface area contributed by atoms with Crippen molar-refractivity contribution < 1.29 is 0 Å². The quantitative estimate of drug-likeness (QED) is 0.317. The molecule has 0 saturated heterocycles. The van der Waals surface area contributed by atoms with Crippen LogP contribution in [0.25, 0.3) is 21.5 Å². The predicted molar refractivity (Wildman–Crippen MR) is 125 cm³/mol. The lowest BCUT2D eigenvalue weighted by Crippen LogP contribution is -2.25. The maximum atomic E-state index is 2.71. The maximum absolute atomic E-state index is 2.71. The van der Waals surface area contributed by atoms with Crippen LogP contribution in [0.2, 0.25) is 0 Å². The van der Waals surface area contributed by atoms with E-state index in [0.29, 0.717) is 12.1 Å². The monoisotopic (exact) mass is 385 g/mol. The van der Waals surface area contributed by atoms with Gasteiger partial charge >= 0.3 is 0 Å². The van der Waals surface area contributed by atoms with Crippen LogP contribution in [0.15, 0.2) is 84.9 Å². The van der Waals surface area contributed by atoms with Crippen molar-refractivity contribution in [1.29, 1.82) is 0 Å². The van der Waals surface area contributed by atoms with Gasteiger partial charge in [-0.3, -0.25) is 4.67 Å². The number of rotatable bonds is 5. The van der Waals surface area contributed by atoms with Crippen molar-refractivity contribution in [2.45, 2.75) is 25.9 Å². The summed E-state index contributed by atoms with van der Waals surface area (Å²) in [5, 5.41) is 5.37. The number of nitrogens with zero attached hydrogens (tertiary/aromatic N) is 1. The summed E-state index contributed by atoms with van der Waals surface area (Å²) in [6, 6.07) is 31.6. The fraction of sp³-hybridized carbons (Fsp3) is 0.231. The van der Waals surface area contributed by atoms with Crippen LogP contribution in [0, 0.1) is 0 Å². The molecule has 4 aromatic carbocycles. The third kappa shape index (κ3) is 3.46. The van der Waals surface area contributed by atoms with E-state index in [0.717, 1.165) is 0 Å². The van der Waals surface area contributed by atoms with Gasteiger partial charge < -0.3 is 0 Å². The first-order valence-corrected chi connectivity index (χ1v) is 12.2. The maximum Gasteiger partial charge on any atom is 0.0369 e. The van der Waals surface area contributed by atoms with Crippen LogP contribution in [-0.4, -0.2) is 18.0 Å². The zero-order chi connectivity index (χ0) is 19.7. The number of benzene rings is 4. The molecule has 28 heavy (non-hydrogen) atoms. The van der Waals surface area contributed by atoms with Gasteiger partial charge in [0.25, 0.3) is 0 Å². The van der Waals surface area contributed by atoms with Gasteiger partial charge in [0.05, 0.1) is 0 Å². The van der Waals surface area contributed by atoms with Gasteiger partial charge in [0.1, 0.15) is 0 Å². The summed E-state index contributed by atoms with van der Waals surface area (Å²) in [5.41, 5.74) is 2.84. The van der Waals surface area contributed by atoms with Crippen LogP contribution in [0.3, 0.4) is 0 Å². The standard InChI is InChI=1S/C26H28NP/c1-19(23-17-9-13-21-11-5-7-15-25(21)23)27(28(3)4)20(2)24-18-10-14-22-12-6-8-16-26(22)24/h5-20H,1-4H3/t19-,20-/m0/s1. The molecule has 142 valence electrons. The van der Waals surface area contributed by atoms with Crippen molar-refractivity contribution in [1.82, 2.24) is 4.67 Å². The zero-order valence-electron chi connectivity index (χ0n) is 17.1. The lowest BCUT2D eigenvalue weighted by Gasteiger charge is -2.39. The van der Waals surface area contributed by atoms with Gasteiger partial charge in [-0.25, -0.2) is 0 Å². The summed E-state index contributed by atoms with van der Waals surface area (Å²) in [6.07, 6.45) is 0. The second-order valence-electron chi connectivity index (χ2n) is 7.72. The molecule has 1 nitrogen and oxygen atoms in total. The Bertz CT molecular complexity index is 1010. The molecular formula is C26H28NP. The van der Waals surface area contributed by atoms with E-state index < -0.39 is 0 Å². The van der Waals surface area contributed by atoms with Crippen molar-refractivity contribution in [2.24, 2.45) is 0 Å². The number of hydrogen-bond acceptors (Lipinski definition) is 1. The molecule has 0 heterocycles. The lowest BCUT2D eigenvalue weighted by molar-refractivity contribution is 0.304. The van der Waals surface area contributed by atoms with Gasteiger partial charge in [-0.1, -0.05) is 84.9 Å². The molecular weight excluding hydrogens is 357 g/mol. The van der Waals surface area contributed by atoms with Crippen LogP contribution in [0.4, 0.5) is 0 Å². The van der Waals surface area contributed by atoms with Crippen LogP contribution >= 0.6 is 8.07 Å². The highest BCUT2D eigenvalue weighted by Gasteiger charge is 2.27. The molecule has 0 aromatic heterocycles. The van der Waals surface area contributed by atoms with Crippen molar-refractivity contribution in [3.05, 3.63) is 96.1 Å². The Morgan fingerprint density at radius 1 is 0.571 bits per heavy atom. The molecule has 0 amide bonds. The molecule has 0 spiro atoms. The predicted octanol–water partition coefficient (Wildman–Crippen LogP) is 7.77. The van der Waals surface area contributed by atoms with E-state index in [1.165, 1.54) is 32.7 Å². The van der Waals surface area contributed by atoms with Crippen LogP contribution in [0.1, 0.15) is 37.1 Å². The SMILES string of the molecule is C[C@@H](c1cccc2ccccc12)N([C@@H](C)c1cccc2ccccc12)P(C)C. The van der Waals surface area contributed by atoms with Gasteiger partial charge in [-0.05, 0) is 67.9 Å². The Labute approximate surface area is 169 Å². The van der Waals surface area contributed by atoms with Crippen LogP contribution in [0.5, 0.6) is 0 Å². The van der Waals surface area contributed by atoms with E-state index in [-0.39, 0.29) is 8.07 Å². The largest absolute Gasteiger partial charge is 0.268 e. The third-order valence-corrected chi connectivity index (χ3v) is 7.42. The van der Waals surface area contributed by atoms with Gasteiger partial charge in [-0.15, -0.1) is 0 Å². The van der Waals surface area contributed by atoms with Gasteiger partial charge in [0, 0.05) is 12.1 Å². The van der Waals surface area contributed by atoms with Crippen LogP contribution in [-0.2, 0) is 0 Å². The summed E-state index contributed by atoms with van der Waals surface area (Å²) in [5.74, 6) is 0. The molecule has 4 rings (SSSR count). The van der Waals surface area contributed by atoms with Gasteiger partial charge in [0.15, 0.2) is 0 Å². The molecule has 0 bridgehead atoms. The molecule has 0 aliphatic heterocycles. The Kier molecular flexibility index (Phi) is 5.49. The van der Waals surface area contributed by atoms with E-state index >= 15 is 0 Å². The highest BCUT2D eigenvalue weighted by molar-refractivity contribution is 7.53. The molecule has 2 heteroatoms. The lowest BCUT2D eigenvalue weighted by atomic mass is 9.96. The number of hydrogen-bond donors (Lipinski definition) is 0. The topological polar surface area (TPSA) is 3.24 Å². The van der Waals surface area contributed by atoms with Gasteiger partial charge in [-0.2, -0.15) is 0 Å². The van der Waals surface area contributed by atoms with E-state index in [2.05, 4.69) is 117 Å². The average molecular weight is 385 g/mol. The van der Waals surface area contributed by atoms with E-state index in [4.69, 9.17) is 0 Å². The first-order valence-electron chi connectivity index (χ1n) is 9.99. The summed E-state index contributed by atoms with van der Waals surface area (Å²) in [7, 11) is -0.267. The fourth-order valence-electron chi connectivity index (χ4n) is 4.54. The summed E-state index contributed by atoms with van der Waals surface area (Å²) >= 11 is 0. The van der Waals surface area contributed by atoms with Crippen molar-refractivity contribution in [3.8, 4) is 0 Å². The average Bonchev–Trinajstić information content (AvgIpc) is 2.72. The zero-order valence-corrected chi connectivity index (χ0v) is 18.0. The minimum absolute atomic E-state index is 0.267. The molecule has 0 aliphatic carbocycles. The molecule has 2 atom stereocenters. The van der Waals surface area contributed by atoms with Crippen molar-refractivity contribution in [3.63, 3.8) is 0 Å². The molecule has 0 aliphatic rings. The first-order chi connectivity index (χ1) is 13.6. The molecule has 4 aromatic rings. The van der Waals surface area contributed by atoms with E-state index in [1.807, 2.05) is 0 Å². The minimum atomic E-state index is -0.267. The Morgan fingerprint density at radius 2 is 0.964 bits per heavy atom. The number of fused-ring (bicyclic) bond motifs is 2. The second kappa shape index (κ2) is 8.03. The van der Waals surface area contributed by atoms with E-state index in [1.54, 1.807) is 0 Å². The molecule has 0 unspecified atom stereocenters. The summed E-state index contributed by atoms with van der Waals surface area (Å²) in [6.45, 7) is 9.48. The van der Waals surface area contributed by atoms with Crippen molar-refractivity contribution >= 4 is 29.6 Å². The van der Waals surface area contributed by atoms with E-state index in [9.17, 15) is 0 Å². The highest BCUT2D eigenvalue weighted by Crippen LogP contribution is 2.48. The Balaban J connectivity index is 1.80. The normalized spacial score (nSPS) is 14.1. The Morgan fingerprint density at radius 3 is 1.39 bits per heavy atom. The van der Waals surface area contributed by atoms with Crippen molar-refractivity contribution in [2.75, 3.05) is 13.3 Å². The highest BCUT2D eigenvalue weighted by atomic mass is 31.1. The van der Waals surface area contributed by atoms with Crippen LogP contribution < -0.4 is 0 Å². The minimum Gasteiger partial charge on any atom is -0.268 e. The fourth-order valence-corrected chi connectivity index (χ4v) is 6.18. The molecule has 0 radical (unpaired) electrons. The molecule has 0 saturated carbocycles. The smallest absolute Gasteiger partial charge is 0.0369 e. The molecule has 0 N–H and O–H groups in total. The summed E-state index contributed by atoms with van der Waals surface area (Å²) in [4.78, 5) is 0. The third-order valence-electron chi connectivity index (χ3n) is 5.80. The first kappa shape index (κ1) is 19.1. The van der Waals surface area contributed by atoms with Gasteiger partial charge in [0.2, 0.25) is 0 Å². The molecule has 0 fully saturated rings. The second-order valence-corrected chi connectivity index (χ2v) is 9.87.